The number of hydrogen-bond acceptors (Lipinski definition) is 4. The molecule has 0 heterocycles. The smallest absolute Gasteiger partial charge is 0.258 e. The number of nitro groups is 1. The Morgan fingerprint density at radius 2 is 2.31 bits per heavy atom. The van der Waals surface area contributed by atoms with E-state index in [0.29, 0.717) is 5.56 Å². The van der Waals surface area contributed by atoms with Crippen molar-refractivity contribution in [1.82, 2.24) is 0 Å². The van der Waals surface area contributed by atoms with Gasteiger partial charge in [-0.05, 0) is 18.2 Å². The summed E-state index contributed by atoms with van der Waals surface area (Å²) in [5.41, 5.74) is 0.353. The molecule has 1 aromatic rings. The zero-order valence-electron chi connectivity index (χ0n) is 8.97. The molecule has 0 aliphatic rings. The van der Waals surface area contributed by atoms with Crippen LogP contribution in [0, 0.1) is 21.4 Å². The highest BCUT2D eigenvalue weighted by atomic mass is 32.2. The fraction of sp³-hybridized carbons (Fsp3) is 0.364. The highest BCUT2D eigenvalue weighted by Gasteiger charge is 2.10. The van der Waals surface area contributed by atoms with Gasteiger partial charge in [-0.15, -0.1) is 11.8 Å². The molecule has 16 heavy (non-hydrogen) atoms. The van der Waals surface area contributed by atoms with Crippen LogP contribution in [0.3, 0.4) is 0 Å². The number of nitrogens with zero attached hydrogens (tertiary/aromatic N) is 2. The Bertz CT molecular complexity index is 426. The van der Waals surface area contributed by atoms with Crippen LogP contribution < -0.4 is 0 Å². The van der Waals surface area contributed by atoms with Crippen LogP contribution in [-0.2, 0) is 0 Å². The van der Waals surface area contributed by atoms with E-state index in [4.69, 9.17) is 5.26 Å². The van der Waals surface area contributed by atoms with Gasteiger partial charge in [-0.1, -0.05) is 13.3 Å². The summed E-state index contributed by atoms with van der Waals surface area (Å²) in [6.45, 7) is 2.10. The molecule has 0 saturated carbocycles. The maximum absolute atomic E-state index is 10.5. The second-order valence-corrected chi connectivity index (χ2v) is 4.39. The van der Waals surface area contributed by atoms with Gasteiger partial charge in [0.2, 0.25) is 0 Å². The van der Waals surface area contributed by atoms with E-state index < -0.39 is 4.92 Å². The third-order valence-electron chi connectivity index (χ3n) is 2.05. The zero-order valence-corrected chi connectivity index (χ0v) is 9.79. The van der Waals surface area contributed by atoms with Gasteiger partial charge in [-0.25, -0.2) is 0 Å². The van der Waals surface area contributed by atoms with E-state index in [2.05, 4.69) is 6.92 Å². The highest BCUT2D eigenvalue weighted by Crippen LogP contribution is 2.26. The summed E-state index contributed by atoms with van der Waals surface area (Å²) >= 11 is 1.57. The molecule has 0 aliphatic carbocycles. The topological polar surface area (TPSA) is 66.9 Å². The van der Waals surface area contributed by atoms with Crippen LogP contribution in [0.25, 0.3) is 0 Å². The number of rotatable bonds is 5. The van der Waals surface area contributed by atoms with Crippen molar-refractivity contribution in [1.29, 1.82) is 5.26 Å². The first-order chi connectivity index (χ1) is 7.69. The minimum Gasteiger partial charge on any atom is -0.258 e. The zero-order chi connectivity index (χ0) is 12.0. The van der Waals surface area contributed by atoms with Crippen molar-refractivity contribution in [2.75, 3.05) is 5.75 Å². The number of thioether (sulfide) groups is 1. The molecular formula is C11H12N2O2S. The molecule has 0 fully saturated rings. The summed E-state index contributed by atoms with van der Waals surface area (Å²) in [5.74, 6) is 0.934. The molecule has 0 N–H and O–H groups in total. The maximum atomic E-state index is 10.5. The third-order valence-corrected chi connectivity index (χ3v) is 3.21. The molecule has 0 aromatic heterocycles. The SMILES string of the molecule is CCCCSc1ccc([N+](=O)[O-])cc1C#N. The standard InChI is InChI=1S/C11H12N2O2S/c1-2-3-6-16-11-5-4-10(13(14)15)7-9(11)8-12/h4-5,7H,2-3,6H2,1H3. The largest absolute Gasteiger partial charge is 0.270 e. The van der Waals surface area contributed by atoms with E-state index in [9.17, 15) is 10.1 Å². The van der Waals surface area contributed by atoms with Gasteiger partial charge in [0.15, 0.2) is 0 Å². The molecule has 0 radical (unpaired) electrons. The van der Waals surface area contributed by atoms with Gasteiger partial charge in [0, 0.05) is 17.0 Å². The van der Waals surface area contributed by atoms with Crippen molar-refractivity contribution in [3.63, 3.8) is 0 Å². The first kappa shape index (κ1) is 12.5. The third kappa shape index (κ3) is 3.24. The lowest BCUT2D eigenvalue weighted by molar-refractivity contribution is -0.384. The Hall–Kier alpha value is -1.54. The molecule has 0 aliphatic heterocycles. The van der Waals surface area contributed by atoms with Gasteiger partial charge in [0.05, 0.1) is 10.5 Å². The van der Waals surface area contributed by atoms with Gasteiger partial charge < -0.3 is 0 Å². The molecule has 4 nitrogen and oxygen atoms in total. The van der Waals surface area contributed by atoms with Crippen LogP contribution >= 0.6 is 11.8 Å². The van der Waals surface area contributed by atoms with Crippen LogP contribution in [0.15, 0.2) is 23.1 Å². The summed E-state index contributed by atoms with van der Waals surface area (Å²) in [7, 11) is 0. The van der Waals surface area contributed by atoms with Gasteiger partial charge in [-0.2, -0.15) is 5.26 Å². The maximum Gasteiger partial charge on any atom is 0.270 e. The van der Waals surface area contributed by atoms with Crippen LogP contribution in [-0.4, -0.2) is 10.7 Å². The molecule has 0 atom stereocenters. The van der Waals surface area contributed by atoms with Gasteiger partial charge in [-0.3, -0.25) is 10.1 Å². The summed E-state index contributed by atoms with van der Waals surface area (Å²) in [6.07, 6.45) is 2.17. The summed E-state index contributed by atoms with van der Waals surface area (Å²) < 4.78 is 0. The minimum atomic E-state index is -0.485. The number of nitriles is 1. The fourth-order valence-corrected chi connectivity index (χ4v) is 2.25. The van der Waals surface area contributed by atoms with E-state index in [-0.39, 0.29) is 5.69 Å². The van der Waals surface area contributed by atoms with Gasteiger partial charge >= 0.3 is 0 Å². The van der Waals surface area contributed by atoms with Crippen molar-refractivity contribution in [3.05, 3.63) is 33.9 Å². The van der Waals surface area contributed by atoms with Crippen molar-refractivity contribution < 1.29 is 4.92 Å². The minimum absolute atomic E-state index is 0.0311. The Kier molecular flexibility index (Phi) is 4.80. The average molecular weight is 236 g/mol. The molecule has 1 aromatic carbocycles. The van der Waals surface area contributed by atoms with Crippen LogP contribution in [0.5, 0.6) is 0 Å². The molecule has 0 unspecified atom stereocenters. The van der Waals surface area contributed by atoms with Gasteiger partial charge in [0.1, 0.15) is 6.07 Å². The molecule has 0 saturated heterocycles. The lowest BCUT2D eigenvalue weighted by Gasteiger charge is -2.02. The Balaban J connectivity index is 2.86. The quantitative estimate of drug-likeness (QED) is 0.340. The summed E-state index contributed by atoms with van der Waals surface area (Å²) in [6, 6.07) is 6.41. The number of hydrogen-bond donors (Lipinski definition) is 0. The van der Waals surface area contributed by atoms with E-state index in [1.165, 1.54) is 12.1 Å². The van der Waals surface area contributed by atoms with Crippen LogP contribution in [0.2, 0.25) is 0 Å². The molecule has 0 spiro atoms. The molecule has 1 rings (SSSR count). The highest BCUT2D eigenvalue weighted by molar-refractivity contribution is 7.99. The number of benzene rings is 1. The monoisotopic (exact) mass is 236 g/mol. The van der Waals surface area contributed by atoms with E-state index in [0.717, 1.165) is 23.5 Å². The number of unbranched alkanes of at least 4 members (excludes halogenated alkanes) is 1. The van der Waals surface area contributed by atoms with Crippen LogP contribution in [0.4, 0.5) is 5.69 Å². The number of non-ortho nitro benzene ring substituents is 1. The normalized spacial score (nSPS) is 9.75. The summed E-state index contributed by atoms with van der Waals surface area (Å²) in [5, 5.41) is 19.4. The Morgan fingerprint density at radius 3 is 2.88 bits per heavy atom. The van der Waals surface area contributed by atoms with Crippen molar-refractivity contribution in [3.8, 4) is 6.07 Å². The van der Waals surface area contributed by atoms with Crippen molar-refractivity contribution >= 4 is 17.4 Å². The second-order valence-electron chi connectivity index (χ2n) is 3.25. The van der Waals surface area contributed by atoms with E-state index in [1.807, 2.05) is 6.07 Å². The fourth-order valence-electron chi connectivity index (χ4n) is 1.17. The predicted molar refractivity (Wildman–Crippen MR) is 63.4 cm³/mol. The number of nitro benzene ring substituents is 1. The lowest BCUT2D eigenvalue weighted by atomic mass is 10.2. The molecular weight excluding hydrogens is 224 g/mol. The first-order valence-corrected chi connectivity index (χ1v) is 5.99. The average Bonchev–Trinajstić information content (AvgIpc) is 2.29. The molecule has 5 heteroatoms. The van der Waals surface area contributed by atoms with E-state index in [1.54, 1.807) is 17.8 Å². The van der Waals surface area contributed by atoms with E-state index >= 15 is 0 Å². The van der Waals surface area contributed by atoms with Gasteiger partial charge in [0.25, 0.3) is 5.69 Å². The summed E-state index contributed by atoms with van der Waals surface area (Å²) in [4.78, 5) is 10.9. The molecule has 84 valence electrons. The second kappa shape index (κ2) is 6.13. The Labute approximate surface area is 98.4 Å². The Morgan fingerprint density at radius 1 is 1.56 bits per heavy atom. The lowest BCUT2D eigenvalue weighted by Crippen LogP contribution is -1.90. The van der Waals surface area contributed by atoms with Crippen LogP contribution in [0.1, 0.15) is 25.3 Å². The predicted octanol–water partition coefficient (Wildman–Crippen LogP) is 3.36. The first-order valence-electron chi connectivity index (χ1n) is 5.00. The molecule has 0 bridgehead atoms. The molecule has 0 amide bonds. The van der Waals surface area contributed by atoms with Crippen molar-refractivity contribution in [2.45, 2.75) is 24.7 Å². The van der Waals surface area contributed by atoms with Crippen molar-refractivity contribution in [2.24, 2.45) is 0 Å².